The van der Waals surface area contributed by atoms with E-state index in [1.54, 1.807) is 12.1 Å². The number of aliphatic carboxylic acids is 1. The molecule has 1 atom stereocenters. The van der Waals surface area contributed by atoms with Gasteiger partial charge in [0.2, 0.25) is 0 Å². The Hall–Kier alpha value is -1.78. The Morgan fingerprint density at radius 2 is 1.48 bits per heavy atom. The van der Waals surface area contributed by atoms with Crippen molar-refractivity contribution in [2.75, 3.05) is 0 Å². The smallest absolute Gasteiger partial charge is 0.326 e. The van der Waals surface area contributed by atoms with E-state index >= 15 is 0 Å². The zero-order chi connectivity index (χ0) is 15.4. The molecule has 0 amide bonds. The van der Waals surface area contributed by atoms with Gasteiger partial charge in [0.05, 0.1) is 0 Å². The minimum Gasteiger partial charge on any atom is -0.480 e. The van der Waals surface area contributed by atoms with E-state index in [0.29, 0.717) is 5.56 Å². The Kier molecular flexibility index (Phi) is 5.04. The molecule has 0 fully saturated rings. The molecule has 3 nitrogen and oxygen atoms in total. The summed E-state index contributed by atoms with van der Waals surface area (Å²) in [7, 11) is 0. The summed E-state index contributed by atoms with van der Waals surface area (Å²) in [6, 6.07) is 14.7. The summed E-state index contributed by atoms with van der Waals surface area (Å²) in [5.74, 6) is -1.06. The maximum absolute atomic E-state index is 11.0. The molecule has 0 bridgehead atoms. The lowest BCUT2D eigenvalue weighted by Gasteiger charge is -2.07. The van der Waals surface area contributed by atoms with Crippen LogP contribution in [0.15, 0.2) is 53.4 Å². The highest BCUT2D eigenvalue weighted by Gasteiger charge is 2.15. The van der Waals surface area contributed by atoms with Gasteiger partial charge in [0.25, 0.3) is 0 Å². The van der Waals surface area contributed by atoms with E-state index in [0.717, 1.165) is 16.0 Å². The predicted molar refractivity (Wildman–Crippen MR) is 84.6 cm³/mol. The largest absolute Gasteiger partial charge is 0.480 e. The number of benzene rings is 2. The van der Waals surface area contributed by atoms with Crippen molar-refractivity contribution in [3.8, 4) is 11.1 Å². The zero-order valence-electron chi connectivity index (χ0n) is 11.2. The zero-order valence-corrected chi connectivity index (χ0v) is 12.8. The average molecular weight is 321 g/mol. The van der Waals surface area contributed by atoms with Crippen molar-refractivity contribution >= 4 is 34.4 Å². The third kappa shape index (κ3) is 4.09. The first kappa shape index (κ1) is 15.6. The fraction of sp³-hybridized carbons (Fsp3) is 0.125. The molecule has 2 rings (SSSR count). The molecule has 0 radical (unpaired) electrons. The van der Waals surface area contributed by atoms with E-state index < -0.39 is 11.3 Å². The Labute approximate surface area is 131 Å². The average Bonchev–Trinajstić information content (AvgIpc) is 2.47. The highest BCUT2D eigenvalue weighted by atomic mass is 35.5. The standard InChI is InChI=1S/C16H13ClO3S/c1-10(18)21-14-8-6-12(7-9-14)11-2-4-13(5-3-11)15(17)16(19)20/h2-9,15H,1H3,(H,19,20). The van der Waals surface area contributed by atoms with Gasteiger partial charge >= 0.3 is 5.97 Å². The van der Waals surface area contributed by atoms with E-state index in [1.165, 1.54) is 18.7 Å². The van der Waals surface area contributed by atoms with Gasteiger partial charge < -0.3 is 5.11 Å². The van der Waals surface area contributed by atoms with E-state index in [2.05, 4.69) is 0 Å². The fourth-order valence-corrected chi connectivity index (χ4v) is 2.62. The van der Waals surface area contributed by atoms with Crippen LogP contribution >= 0.6 is 23.4 Å². The maximum Gasteiger partial charge on any atom is 0.326 e. The van der Waals surface area contributed by atoms with Crippen molar-refractivity contribution < 1.29 is 14.7 Å². The summed E-state index contributed by atoms with van der Waals surface area (Å²) in [5.41, 5.74) is 2.51. The quantitative estimate of drug-likeness (QED) is 0.672. The van der Waals surface area contributed by atoms with Crippen LogP contribution in [-0.4, -0.2) is 16.2 Å². The van der Waals surface area contributed by atoms with Crippen LogP contribution in [0.1, 0.15) is 17.9 Å². The molecule has 5 heteroatoms. The third-order valence-electron chi connectivity index (χ3n) is 2.87. The van der Waals surface area contributed by atoms with Crippen LogP contribution in [0.2, 0.25) is 0 Å². The number of thioether (sulfide) groups is 1. The Morgan fingerprint density at radius 1 is 1.00 bits per heavy atom. The SMILES string of the molecule is CC(=O)Sc1ccc(-c2ccc(C(Cl)C(=O)O)cc2)cc1. The number of carboxylic acid groups (broad SMARTS) is 1. The number of rotatable bonds is 4. The van der Waals surface area contributed by atoms with Crippen molar-refractivity contribution in [1.29, 1.82) is 0 Å². The molecule has 1 unspecified atom stereocenters. The van der Waals surface area contributed by atoms with Gasteiger partial charge in [-0.05, 0) is 28.8 Å². The number of carbonyl (C=O) groups excluding carboxylic acids is 1. The molecule has 0 aliphatic carbocycles. The third-order valence-corrected chi connectivity index (χ3v) is 4.10. The van der Waals surface area contributed by atoms with Gasteiger partial charge in [0.15, 0.2) is 10.5 Å². The number of alkyl halides is 1. The van der Waals surface area contributed by atoms with Crippen LogP contribution in [0.3, 0.4) is 0 Å². The number of hydrogen-bond donors (Lipinski definition) is 1. The molecule has 108 valence electrons. The first-order chi connectivity index (χ1) is 9.97. The van der Waals surface area contributed by atoms with Crippen LogP contribution in [0, 0.1) is 0 Å². The monoisotopic (exact) mass is 320 g/mol. The summed E-state index contributed by atoms with van der Waals surface area (Å²) in [6.45, 7) is 1.53. The van der Waals surface area contributed by atoms with Gasteiger partial charge in [0, 0.05) is 11.8 Å². The molecule has 2 aromatic rings. The van der Waals surface area contributed by atoms with Crippen LogP contribution in [0.25, 0.3) is 11.1 Å². The number of carboxylic acids is 1. The molecule has 0 aliphatic rings. The Bertz CT molecular complexity index is 650. The molecule has 2 aromatic carbocycles. The van der Waals surface area contributed by atoms with Crippen LogP contribution in [0.4, 0.5) is 0 Å². The minimum absolute atomic E-state index is 0.0499. The first-order valence-electron chi connectivity index (χ1n) is 6.23. The van der Waals surface area contributed by atoms with Gasteiger partial charge in [-0.25, -0.2) is 0 Å². The molecular formula is C16H13ClO3S. The van der Waals surface area contributed by atoms with E-state index in [4.69, 9.17) is 16.7 Å². The van der Waals surface area contributed by atoms with E-state index in [9.17, 15) is 9.59 Å². The van der Waals surface area contributed by atoms with Gasteiger partial charge in [0.1, 0.15) is 0 Å². The normalized spacial score (nSPS) is 11.9. The number of hydrogen-bond acceptors (Lipinski definition) is 3. The van der Waals surface area contributed by atoms with E-state index in [-0.39, 0.29) is 5.12 Å². The minimum atomic E-state index is -1.06. The topological polar surface area (TPSA) is 54.4 Å². The molecule has 0 aromatic heterocycles. The van der Waals surface area contributed by atoms with Crippen molar-refractivity contribution in [3.63, 3.8) is 0 Å². The lowest BCUT2D eigenvalue weighted by Crippen LogP contribution is -2.04. The van der Waals surface area contributed by atoms with Gasteiger partial charge in [-0.1, -0.05) is 48.2 Å². The second kappa shape index (κ2) is 6.78. The number of halogens is 1. The summed E-state index contributed by atoms with van der Waals surface area (Å²) in [4.78, 5) is 22.7. The Balaban J connectivity index is 2.18. The van der Waals surface area contributed by atoms with Crippen molar-refractivity contribution in [1.82, 2.24) is 0 Å². The highest BCUT2D eigenvalue weighted by molar-refractivity contribution is 8.13. The molecule has 1 N–H and O–H groups in total. The molecule has 0 heterocycles. The second-order valence-electron chi connectivity index (χ2n) is 4.44. The lowest BCUT2D eigenvalue weighted by atomic mass is 10.0. The van der Waals surface area contributed by atoms with Crippen LogP contribution in [-0.2, 0) is 9.59 Å². The summed E-state index contributed by atoms with van der Waals surface area (Å²) >= 11 is 6.96. The fourth-order valence-electron chi connectivity index (χ4n) is 1.87. The highest BCUT2D eigenvalue weighted by Crippen LogP contribution is 2.27. The van der Waals surface area contributed by atoms with Crippen molar-refractivity contribution in [2.45, 2.75) is 17.2 Å². The maximum atomic E-state index is 11.0. The van der Waals surface area contributed by atoms with Gasteiger partial charge in [-0.15, -0.1) is 11.6 Å². The number of carbonyl (C=O) groups is 2. The molecule has 0 aliphatic heterocycles. The van der Waals surface area contributed by atoms with Gasteiger partial charge in [-0.3, -0.25) is 9.59 Å². The summed E-state index contributed by atoms with van der Waals surface area (Å²) < 4.78 is 0. The predicted octanol–water partition coefficient (Wildman–Crippen LogP) is 4.36. The molecule has 0 saturated heterocycles. The molecule has 0 saturated carbocycles. The van der Waals surface area contributed by atoms with E-state index in [1.807, 2.05) is 36.4 Å². The van der Waals surface area contributed by atoms with Gasteiger partial charge in [-0.2, -0.15) is 0 Å². The van der Waals surface area contributed by atoms with Crippen LogP contribution in [0.5, 0.6) is 0 Å². The first-order valence-corrected chi connectivity index (χ1v) is 7.48. The molecule has 21 heavy (non-hydrogen) atoms. The van der Waals surface area contributed by atoms with Crippen molar-refractivity contribution in [2.24, 2.45) is 0 Å². The Morgan fingerprint density at radius 3 is 1.90 bits per heavy atom. The molecule has 0 spiro atoms. The summed E-state index contributed by atoms with van der Waals surface area (Å²) in [6.07, 6.45) is 0. The van der Waals surface area contributed by atoms with Crippen molar-refractivity contribution in [3.05, 3.63) is 54.1 Å². The lowest BCUT2D eigenvalue weighted by molar-refractivity contribution is -0.136. The van der Waals surface area contributed by atoms with Crippen LogP contribution < -0.4 is 0 Å². The second-order valence-corrected chi connectivity index (χ2v) is 6.13. The molecular weight excluding hydrogens is 308 g/mol. The summed E-state index contributed by atoms with van der Waals surface area (Å²) in [5, 5.41) is 7.88.